The molecule has 0 spiro atoms. The Kier molecular flexibility index (Phi) is 64.0. The van der Waals surface area contributed by atoms with Crippen molar-refractivity contribution in [3.63, 3.8) is 0 Å². The number of rotatable bonds is 27. The third kappa shape index (κ3) is 47.8. The van der Waals surface area contributed by atoms with Gasteiger partial charge < -0.3 is 82.6 Å². The van der Waals surface area contributed by atoms with Crippen molar-refractivity contribution in [3.05, 3.63) is 398 Å². The van der Waals surface area contributed by atoms with Gasteiger partial charge in [-0.2, -0.15) is 0 Å². The Hall–Kier alpha value is -4.89. The third-order valence-electron chi connectivity index (χ3n) is 18.9. The summed E-state index contributed by atoms with van der Waals surface area (Å²) in [7, 11) is -1.20. The molecule has 2 N–H and O–H groups in total. The molecular formula is C99H105BClK3N4O11P2Pd2-6. The minimum Gasteiger partial charge on any atom is 0 e. The predicted molar refractivity (Wildman–Crippen MR) is 487 cm³/mol. The van der Waals surface area contributed by atoms with Crippen molar-refractivity contribution >= 4 is 126 Å². The van der Waals surface area contributed by atoms with E-state index in [9.17, 15) is 14.4 Å². The molecule has 2 fully saturated rings. The molecule has 636 valence electrons. The molecule has 12 aromatic rings. The molecule has 0 radical (unpaired) electrons. The van der Waals surface area contributed by atoms with Gasteiger partial charge in [-0.25, -0.2) is 9.66 Å². The second-order valence-electron chi connectivity index (χ2n) is 27.7. The number of benzene rings is 8. The third-order valence-corrected chi connectivity index (χ3v) is 22.8. The van der Waals surface area contributed by atoms with E-state index in [0.717, 1.165) is 45.2 Å². The van der Waals surface area contributed by atoms with E-state index >= 15 is 0 Å². The first-order chi connectivity index (χ1) is 58.6. The van der Waals surface area contributed by atoms with Gasteiger partial charge in [0.05, 0.1) is 25.5 Å². The van der Waals surface area contributed by atoms with Crippen molar-refractivity contribution in [3.8, 4) is 33.9 Å². The van der Waals surface area contributed by atoms with Gasteiger partial charge in [0.2, 0.25) is 0 Å². The Morgan fingerprint density at radius 3 is 1.08 bits per heavy atom. The molecule has 2 aliphatic carbocycles. The fourth-order valence-corrected chi connectivity index (χ4v) is 17.1. The van der Waals surface area contributed by atoms with Crippen LogP contribution in [-0.2, 0) is 103 Å². The van der Waals surface area contributed by atoms with E-state index in [1.54, 1.807) is 88.8 Å². The number of pyridine rings is 4. The van der Waals surface area contributed by atoms with Crippen LogP contribution < -0.4 is 81.8 Å². The van der Waals surface area contributed by atoms with Gasteiger partial charge in [0.1, 0.15) is 16.7 Å². The average Bonchev–Trinajstić information content (AvgIpc) is 0.773. The number of ketones is 3. The second kappa shape index (κ2) is 70.1. The summed E-state index contributed by atoms with van der Waals surface area (Å²) in [5.74, 6) is 2.13. The molecule has 2 aliphatic rings. The Morgan fingerprint density at radius 2 is 0.797 bits per heavy atom. The molecule has 0 aliphatic heterocycles. The monoisotopic (exact) mass is 1960 g/mol. The molecule has 15 nitrogen and oxygen atoms in total. The average molecular weight is 1970 g/mol. The molecular weight excluding hydrogens is 1860 g/mol. The first-order valence-corrected chi connectivity index (χ1v) is 59.6. The smallest absolute Gasteiger partial charge is 0 e. The zero-order valence-electron chi connectivity index (χ0n) is 71.2. The molecule has 0 amide bonds. The zero-order chi connectivity index (χ0) is 86.0. The maximum absolute atomic E-state index is 11.7. The molecule has 24 heteroatoms. The van der Waals surface area contributed by atoms with Crippen LogP contribution in [0, 0.1) is 52.4 Å². The van der Waals surface area contributed by atoms with Crippen LogP contribution in [-0.4, -0.2) is 143 Å². The second-order valence-corrected chi connectivity index (χ2v) is 31.4. The summed E-state index contributed by atoms with van der Waals surface area (Å²) < 4.78 is 22.9. The van der Waals surface area contributed by atoms with E-state index < -0.39 is 15.4 Å². The maximum Gasteiger partial charge on any atom is 0 e. The van der Waals surface area contributed by atoms with Crippen LogP contribution in [0.1, 0.15) is 109 Å². The number of ether oxygens (including phenoxy) is 2. The van der Waals surface area contributed by atoms with Gasteiger partial charge in [0.25, 0.3) is 0 Å². The number of hydrogen-bond acceptors (Lipinski definition) is 15. The molecule has 14 rings (SSSR count). The van der Waals surface area contributed by atoms with Gasteiger partial charge in [0.15, 0.2) is 0 Å². The first kappa shape index (κ1) is 112. The number of halogens is 1. The van der Waals surface area contributed by atoms with E-state index in [2.05, 4.69) is 74.0 Å². The number of methoxy groups -OCH3 is 2. The molecule has 0 bridgehead atoms. The summed E-state index contributed by atoms with van der Waals surface area (Å²) in [5.41, 5.74) is 16.0. The van der Waals surface area contributed by atoms with Gasteiger partial charge in [0, 0.05) is 89.1 Å². The van der Waals surface area contributed by atoms with E-state index in [1.165, 1.54) is 178 Å². The molecule has 1 atom stereocenters. The number of Topliss-reactive ketones (excluding diaryl/α,β-unsaturated/α-hetero) is 3. The van der Waals surface area contributed by atoms with E-state index in [4.69, 9.17) is 45.8 Å². The molecule has 2 saturated carbocycles. The normalized spacial score (nSPS) is 11.5. The number of hydrogen-bond donors (Lipinski definition) is 2. The van der Waals surface area contributed by atoms with Gasteiger partial charge in [-0.15, -0.1) is 55.9 Å². The van der Waals surface area contributed by atoms with Crippen molar-refractivity contribution in [2.45, 2.75) is 128 Å². The Bertz CT molecular complexity index is 4350. The van der Waals surface area contributed by atoms with Crippen molar-refractivity contribution in [2.24, 2.45) is 0 Å². The van der Waals surface area contributed by atoms with Gasteiger partial charge in [-0.1, -0.05) is 310 Å². The fourth-order valence-electron chi connectivity index (χ4n) is 12.9. The van der Waals surface area contributed by atoms with Crippen LogP contribution in [0.4, 0.5) is 0 Å². The Morgan fingerprint density at radius 1 is 0.463 bits per heavy atom. The van der Waals surface area contributed by atoms with Crippen LogP contribution in [0.5, 0.6) is 11.5 Å². The SMILES string of the molecule is COc1cccc(OC)c1-c1ccccc1P(C1CCCCC1)C1CCCCC1.Cc1ccnc(-c2cccnc2)c1.Cc1ccnc(Cl)c1.O=C([CH-]Cc1ccccc1)[CH-]Cc1ccccc1.O=C([CH-]Cc1ccccc1)[CH-]Cc1ccccc1.O=C([CH-]Cc1ccccc1)[CH-]Cc1ccccc1.O=[P+]([O-])O[O-].OB(O)c1cccnc1.[K+].[K][K].[Pd].[Pd]. The molecule has 4 heterocycles. The molecule has 1 unspecified atom stereocenters. The van der Waals surface area contributed by atoms with Crippen LogP contribution in [0.2, 0.25) is 5.15 Å². The first-order valence-electron chi connectivity index (χ1n) is 40.6. The van der Waals surface area contributed by atoms with Crippen LogP contribution in [0.15, 0.2) is 310 Å². The van der Waals surface area contributed by atoms with Crippen molar-refractivity contribution < 1.29 is 146 Å². The van der Waals surface area contributed by atoms with Crippen molar-refractivity contribution in [1.82, 2.24) is 19.9 Å². The standard InChI is InChI=1S/C26H35O2P.3C17H16O.C11H10N2.C6H6ClN.C5H6BNO2.3K.HO4P.2Pd/c1-27-23-17-11-18-24(28-2)26(23)22-16-9-10-19-25(22)29(20-12-5-3-6-13-20)21-14-7-4-8-15-21;3*18-17(13-11-15-7-3-1-4-8-15)14-12-16-9-5-2-6-10-16;1-9-4-6-13-11(7-9)10-3-2-5-12-8-10;1-5-2-3-8-6(7)4-5;8-6(9)5-2-1-3-7-4-5;;;;1-4-5(2)3;;/h9-11,16-21H,3-8,12-15H2,1-2H3;3*1-10,13-14H,11-12H2;2-8H,1H3;2-4H,1H3;1-4,8-9H;;;;1H;;/q;3*-2;;;;;;+1;;;/p-1. The summed E-state index contributed by atoms with van der Waals surface area (Å²) in [5, 5.41) is 27.8. The molecule has 123 heavy (non-hydrogen) atoms. The fraction of sp³-hybridized carbons (Fsp3) is 0.222. The van der Waals surface area contributed by atoms with E-state index in [1.807, 2.05) is 238 Å². The summed E-state index contributed by atoms with van der Waals surface area (Å²) in [4.78, 5) is 59.7. The minimum absolute atomic E-state index is 0. The summed E-state index contributed by atoms with van der Waals surface area (Å²) in [6, 6.07) is 90.3. The van der Waals surface area contributed by atoms with Crippen LogP contribution >= 0.6 is 27.8 Å². The number of carbonyl (C=O) groups excluding carboxylic acids is 3. The number of aromatic nitrogens is 4. The van der Waals surface area contributed by atoms with E-state index in [0.29, 0.717) is 49.1 Å². The quantitative estimate of drug-likeness (QED) is 0.0122. The van der Waals surface area contributed by atoms with Gasteiger partial charge >= 0.3 is 130 Å². The largest absolute Gasteiger partial charge is 0 e. The Labute approximate surface area is 852 Å². The molecule has 0 saturated heterocycles. The topological polar surface area (TPSA) is 234 Å². The van der Waals surface area contributed by atoms with Crippen molar-refractivity contribution in [2.75, 3.05) is 14.2 Å². The van der Waals surface area contributed by atoms with Crippen molar-refractivity contribution in [1.29, 1.82) is 0 Å². The number of nitrogens with zero attached hydrogens (tertiary/aromatic N) is 4. The maximum atomic E-state index is 11.7. The van der Waals surface area contributed by atoms with Crippen LogP contribution in [0.25, 0.3) is 22.4 Å². The molecule has 4 aromatic heterocycles. The molecule has 8 aromatic carbocycles. The summed E-state index contributed by atoms with van der Waals surface area (Å²) >= 11 is 8.03. The van der Waals surface area contributed by atoms with Crippen LogP contribution in [0.3, 0.4) is 0 Å². The van der Waals surface area contributed by atoms with Gasteiger partial charge in [-0.05, 0) is 132 Å². The summed E-state index contributed by atoms with van der Waals surface area (Å²) in [6.07, 6.45) is 38.8. The number of aryl methyl sites for hydroxylation is 2. The predicted octanol–water partition coefficient (Wildman–Crippen LogP) is 15.3. The minimum atomic E-state index is -3.15. The zero-order valence-corrected chi connectivity index (χ0v) is 86.2. The Balaban J connectivity index is 0.000000375. The van der Waals surface area contributed by atoms with E-state index in [-0.39, 0.29) is 118 Å². The number of carbonyl (C=O) groups is 3. The van der Waals surface area contributed by atoms with Gasteiger partial charge in [-0.3, -0.25) is 15.0 Å². The summed E-state index contributed by atoms with van der Waals surface area (Å²) in [6.45, 7) is 4.04.